The zero-order valence-electron chi connectivity index (χ0n) is 18.5. The Hall–Kier alpha value is -0.231. The number of ether oxygens (including phenoxy) is 1. The summed E-state index contributed by atoms with van der Waals surface area (Å²) in [5, 5.41) is 5.36. The van der Waals surface area contributed by atoms with Crippen molar-refractivity contribution < 1.29 is 9.53 Å². The number of unbranched alkanes of at least 4 members (excludes halogenated alkanes) is 3. The normalized spacial score (nSPS) is 12.2. The average Bonchev–Trinajstić information content (AvgIpc) is 3.08. The van der Waals surface area contributed by atoms with Gasteiger partial charge in [0.2, 0.25) is 0 Å². The van der Waals surface area contributed by atoms with Gasteiger partial charge in [0.05, 0.1) is 0 Å². The number of hydrogen-bond donors (Lipinski definition) is 1. The number of thiophene rings is 1. The van der Waals surface area contributed by atoms with Gasteiger partial charge in [0.15, 0.2) is 0 Å². The Morgan fingerprint density at radius 1 is 1.04 bits per heavy atom. The third-order valence-corrected chi connectivity index (χ3v) is 22.2. The molecule has 0 spiro atoms. The summed E-state index contributed by atoms with van der Waals surface area (Å²) in [5.41, 5.74) is -0.448. The molecule has 0 aliphatic heterocycles. The van der Waals surface area contributed by atoms with Crippen molar-refractivity contribution in [3.63, 3.8) is 0 Å². The molecule has 1 amide bonds. The molecule has 0 atom stereocenters. The van der Waals surface area contributed by atoms with Gasteiger partial charge in [0, 0.05) is 0 Å². The predicted molar refractivity (Wildman–Crippen MR) is 122 cm³/mol. The molecule has 1 rings (SSSR count). The first kappa shape index (κ1) is 24.8. The number of rotatable bonds is 12. The van der Waals surface area contributed by atoms with Crippen molar-refractivity contribution in [2.75, 3.05) is 0 Å². The summed E-state index contributed by atoms with van der Waals surface area (Å²) < 4.78 is 11.5. The van der Waals surface area contributed by atoms with Crippen LogP contribution < -0.4 is 8.90 Å². The molecule has 1 N–H and O–H groups in total. The molecule has 1 heterocycles. The van der Waals surface area contributed by atoms with Crippen LogP contribution in [0.3, 0.4) is 0 Å². The van der Waals surface area contributed by atoms with E-state index in [0.29, 0.717) is 6.54 Å². The summed E-state index contributed by atoms with van der Waals surface area (Å²) in [7, 11) is 0. The first-order valence-electron chi connectivity index (χ1n) is 10.8. The minimum atomic E-state index is -2.34. The third-order valence-electron chi connectivity index (χ3n) is 5.10. The van der Waals surface area contributed by atoms with Gasteiger partial charge in [-0.1, -0.05) is 0 Å². The molecule has 0 aromatic carbocycles. The Morgan fingerprint density at radius 3 is 2.00 bits per heavy atom. The van der Waals surface area contributed by atoms with Crippen molar-refractivity contribution in [1.82, 2.24) is 5.32 Å². The maximum absolute atomic E-state index is 11.9. The molecule has 5 heteroatoms. The van der Waals surface area contributed by atoms with Gasteiger partial charge in [0.1, 0.15) is 0 Å². The van der Waals surface area contributed by atoms with Gasteiger partial charge in [-0.15, -0.1) is 0 Å². The zero-order chi connectivity index (χ0) is 20.3. The van der Waals surface area contributed by atoms with Gasteiger partial charge in [0.25, 0.3) is 0 Å². The van der Waals surface area contributed by atoms with E-state index in [0.717, 1.165) is 0 Å². The second-order valence-corrected chi connectivity index (χ2v) is 23.0. The SMILES string of the molecule is CCC[CH2][Sn]([CH2]CCC)([CH2]CCC)[c]1csc(CNC(=O)OC(C)(C)C)c1. The summed E-state index contributed by atoms with van der Waals surface area (Å²) in [6.45, 7) is 13.2. The molecule has 0 radical (unpaired) electrons. The van der Waals surface area contributed by atoms with Crippen LogP contribution in [0.25, 0.3) is 0 Å². The van der Waals surface area contributed by atoms with Crippen LogP contribution >= 0.6 is 11.3 Å². The summed E-state index contributed by atoms with van der Waals surface area (Å²) >= 11 is -0.519. The predicted octanol–water partition coefficient (Wildman–Crippen LogP) is 6.83. The molecular weight excluding hydrogens is 461 g/mol. The van der Waals surface area contributed by atoms with E-state index in [9.17, 15) is 4.79 Å². The molecule has 1 aromatic heterocycles. The first-order chi connectivity index (χ1) is 12.8. The van der Waals surface area contributed by atoms with Crippen LogP contribution in [-0.2, 0) is 11.3 Å². The summed E-state index contributed by atoms with van der Waals surface area (Å²) in [4.78, 5) is 13.2. The van der Waals surface area contributed by atoms with Gasteiger partial charge >= 0.3 is 176 Å². The van der Waals surface area contributed by atoms with E-state index in [1.165, 1.54) is 56.7 Å². The Balaban J connectivity index is 2.88. The fourth-order valence-corrected chi connectivity index (χ4v) is 22.3. The van der Waals surface area contributed by atoms with Crippen LogP contribution in [0.4, 0.5) is 4.79 Å². The van der Waals surface area contributed by atoms with E-state index < -0.39 is 24.0 Å². The van der Waals surface area contributed by atoms with Crippen molar-refractivity contribution in [2.45, 2.75) is 106 Å². The Bertz CT molecular complexity index is 529. The van der Waals surface area contributed by atoms with E-state index in [1.807, 2.05) is 32.1 Å². The molecule has 0 unspecified atom stereocenters. The van der Waals surface area contributed by atoms with E-state index in [4.69, 9.17) is 4.74 Å². The fraction of sp³-hybridized carbons (Fsp3) is 0.773. The molecule has 156 valence electrons. The molecule has 3 nitrogen and oxygen atoms in total. The number of alkyl carbamates (subject to hydrolysis) is 1. The Morgan fingerprint density at radius 2 is 1.56 bits per heavy atom. The quantitative estimate of drug-likeness (QED) is 0.318. The number of carbonyl (C=O) groups is 1. The Kier molecular flexibility index (Phi) is 11.4. The molecule has 0 fully saturated rings. The van der Waals surface area contributed by atoms with E-state index in [-0.39, 0.29) is 6.09 Å². The average molecular weight is 502 g/mol. The summed E-state index contributed by atoms with van der Waals surface area (Å²) in [6, 6.07) is 2.43. The van der Waals surface area contributed by atoms with Crippen molar-refractivity contribution in [3.8, 4) is 0 Å². The van der Waals surface area contributed by atoms with Crippen LogP contribution in [0.15, 0.2) is 11.4 Å². The van der Waals surface area contributed by atoms with Crippen LogP contribution in [0.5, 0.6) is 0 Å². The minimum absolute atomic E-state index is 0.324. The molecule has 0 bridgehead atoms. The van der Waals surface area contributed by atoms with Crippen molar-refractivity contribution in [2.24, 2.45) is 0 Å². The van der Waals surface area contributed by atoms with Crippen LogP contribution in [-0.4, -0.2) is 30.1 Å². The monoisotopic (exact) mass is 503 g/mol. The number of amides is 1. The molecule has 0 saturated heterocycles. The second kappa shape index (κ2) is 12.4. The fourth-order valence-electron chi connectivity index (χ4n) is 3.58. The molecular formula is C22H41NO2SSn. The molecule has 0 aliphatic rings. The van der Waals surface area contributed by atoms with E-state index >= 15 is 0 Å². The van der Waals surface area contributed by atoms with Crippen molar-refractivity contribution in [3.05, 3.63) is 16.3 Å². The Labute approximate surface area is 175 Å². The maximum atomic E-state index is 11.9. The molecule has 1 aromatic rings. The number of carbonyl (C=O) groups excluding carboxylic acids is 1. The van der Waals surface area contributed by atoms with Gasteiger partial charge in [-0.05, 0) is 0 Å². The second-order valence-electron chi connectivity index (χ2n) is 8.75. The summed E-state index contributed by atoms with van der Waals surface area (Å²) in [5.74, 6) is 0. The van der Waals surface area contributed by atoms with Gasteiger partial charge < -0.3 is 0 Å². The third kappa shape index (κ3) is 9.20. The van der Waals surface area contributed by atoms with Crippen LogP contribution in [0, 0.1) is 0 Å². The van der Waals surface area contributed by atoms with Gasteiger partial charge in [-0.25, -0.2) is 0 Å². The molecule has 27 heavy (non-hydrogen) atoms. The van der Waals surface area contributed by atoms with Crippen LogP contribution in [0.2, 0.25) is 13.3 Å². The van der Waals surface area contributed by atoms with E-state index in [1.54, 1.807) is 3.58 Å². The summed E-state index contributed by atoms with van der Waals surface area (Å²) in [6.07, 6.45) is 7.71. The van der Waals surface area contributed by atoms with Gasteiger partial charge in [-0.3, -0.25) is 0 Å². The topological polar surface area (TPSA) is 38.3 Å². The zero-order valence-corrected chi connectivity index (χ0v) is 22.1. The number of nitrogens with one attached hydrogen (secondary N) is 1. The first-order valence-corrected chi connectivity index (χ1v) is 19.2. The van der Waals surface area contributed by atoms with Gasteiger partial charge in [-0.2, -0.15) is 0 Å². The van der Waals surface area contributed by atoms with Crippen LogP contribution in [0.1, 0.15) is 84.9 Å². The molecule has 0 saturated carbocycles. The van der Waals surface area contributed by atoms with Crippen molar-refractivity contribution in [1.29, 1.82) is 0 Å². The number of hydrogen-bond acceptors (Lipinski definition) is 3. The standard InChI is InChI=1S/C10H14NO2S.3C4H9.Sn/c1-10(2,3)13-9(12)11-7-8-5-4-6-14-8;3*1-3-4-2;/h5-6H,7H2,1-3H3,(H,11,12);3*1,3-4H2,2H3;. The van der Waals surface area contributed by atoms with Crippen molar-refractivity contribution >= 4 is 39.4 Å². The molecule has 0 aliphatic carbocycles. The van der Waals surface area contributed by atoms with E-state index in [2.05, 4.69) is 37.5 Å².